The fraction of sp³-hybridized carbons (Fsp3) is 0.933. The van der Waals surface area contributed by atoms with Gasteiger partial charge in [0.25, 0.3) is 0 Å². The number of nitrogens with zero attached hydrogens (tertiary/aromatic N) is 2. The quantitative estimate of drug-likeness (QED) is 0.770. The van der Waals surface area contributed by atoms with Gasteiger partial charge in [0, 0.05) is 39.1 Å². The number of hydrogen-bond donors (Lipinski definition) is 1. The van der Waals surface area contributed by atoms with Crippen molar-refractivity contribution in [3.05, 3.63) is 0 Å². The molecule has 0 radical (unpaired) electrons. The molecule has 2 unspecified atom stereocenters. The van der Waals surface area contributed by atoms with Crippen LogP contribution in [0.3, 0.4) is 0 Å². The van der Waals surface area contributed by atoms with E-state index in [4.69, 9.17) is 5.73 Å². The molecule has 4 heteroatoms. The second-order valence-corrected chi connectivity index (χ2v) is 6.10. The van der Waals surface area contributed by atoms with Crippen molar-refractivity contribution in [3.63, 3.8) is 0 Å². The molecule has 1 saturated heterocycles. The van der Waals surface area contributed by atoms with Crippen molar-refractivity contribution in [2.45, 2.75) is 51.5 Å². The Balaban J connectivity index is 1.97. The van der Waals surface area contributed by atoms with Crippen molar-refractivity contribution < 1.29 is 4.79 Å². The number of amides is 1. The molecule has 0 aromatic carbocycles. The predicted octanol–water partition coefficient (Wildman–Crippen LogP) is 1.45. The van der Waals surface area contributed by atoms with E-state index in [2.05, 4.69) is 4.90 Å². The lowest BCUT2D eigenvalue weighted by molar-refractivity contribution is -0.128. The van der Waals surface area contributed by atoms with Gasteiger partial charge in [-0.2, -0.15) is 0 Å². The fourth-order valence-electron chi connectivity index (χ4n) is 3.70. The summed E-state index contributed by atoms with van der Waals surface area (Å²) >= 11 is 0. The van der Waals surface area contributed by atoms with E-state index in [1.54, 1.807) is 6.92 Å². The summed E-state index contributed by atoms with van der Waals surface area (Å²) in [6.07, 6.45) is 7.73. The van der Waals surface area contributed by atoms with E-state index in [1.807, 2.05) is 4.90 Å². The Bertz CT molecular complexity index is 295. The van der Waals surface area contributed by atoms with Crippen LogP contribution in [0.4, 0.5) is 0 Å². The van der Waals surface area contributed by atoms with Crippen LogP contribution >= 0.6 is 0 Å². The van der Waals surface area contributed by atoms with Gasteiger partial charge in [-0.3, -0.25) is 9.69 Å². The second-order valence-electron chi connectivity index (χ2n) is 6.10. The molecule has 2 N–H and O–H groups in total. The van der Waals surface area contributed by atoms with Gasteiger partial charge in [0.1, 0.15) is 0 Å². The maximum atomic E-state index is 11.5. The molecule has 1 amide bonds. The number of nitrogens with two attached hydrogens (primary N) is 1. The first-order valence-corrected chi connectivity index (χ1v) is 7.92. The van der Waals surface area contributed by atoms with Gasteiger partial charge in [-0.25, -0.2) is 0 Å². The van der Waals surface area contributed by atoms with Crippen LogP contribution in [0.25, 0.3) is 0 Å². The zero-order chi connectivity index (χ0) is 13.7. The molecule has 0 bridgehead atoms. The van der Waals surface area contributed by atoms with E-state index in [1.165, 1.54) is 32.1 Å². The van der Waals surface area contributed by atoms with Gasteiger partial charge in [0.05, 0.1) is 0 Å². The third-order valence-corrected chi connectivity index (χ3v) is 4.87. The van der Waals surface area contributed by atoms with Crippen LogP contribution in [0.2, 0.25) is 0 Å². The smallest absolute Gasteiger partial charge is 0.219 e. The van der Waals surface area contributed by atoms with Crippen LogP contribution in [-0.4, -0.2) is 54.5 Å². The number of rotatable bonds is 2. The zero-order valence-corrected chi connectivity index (χ0v) is 12.3. The number of carbonyl (C=O) groups is 1. The Morgan fingerprint density at radius 1 is 1.05 bits per heavy atom. The van der Waals surface area contributed by atoms with Gasteiger partial charge in [0.2, 0.25) is 5.91 Å². The highest BCUT2D eigenvalue weighted by molar-refractivity contribution is 5.73. The molecule has 1 aliphatic heterocycles. The maximum absolute atomic E-state index is 11.5. The standard InChI is InChI=1S/C15H29N3O/c1-13(19)17-8-5-9-18(11-10-17)15-7-4-2-3-6-14(15)12-16/h14-15H,2-12,16H2,1H3. The van der Waals surface area contributed by atoms with Crippen LogP contribution in [0.5, 0.6) is 0 Å². The SMILES string of the molecule is CC(=O)N1CCCN(C2CCCCCC2CN)CC1. The van der Waals surface area contributed by atoms with Crippen molar-refractivity contribution in [3.8, 4) is 0 Å². The summed E-state index contributed by atoms with van der Waals surface area (Å²) in [5, 5.41) is 0. The summed E-state index contributed by atoms with van der Waals surface area (Å²) < 4.78 is 0. The van der Waals surface area contributed by atoms with E-state index in [0.29, 0.717) is 12.0 Å². The third-order valence-electron chi connectivity index (χ3n) is 4.87. The first-order valence-electron chi connectivity index (χ1n) is 7.92. The Kier molecular flexibility index (Phi) is 5.64. The van der Waals surface area contributed by atoms with Crippen molar-refractivity contribution in [1.82, 2.24) is 9.80 Å². The van der Waals surface area contributed by atoms with E-state index < -0.39 is 0 Å². The lowest BCUT2D eigenvalue weighted by atomic mass is 9.93. The molecular weight excluding hydrogens is 238 g/mol. The third kappa shape index (κ3) is 3.93. The first-order chi connectivity index (χ1) is 9.22. The lowest BCUT2D eigenvalue weighted by Gasteiger charge is -2.35. The highest BCUT2D eigenvalue weighted by Gasteiger charge is 2.29. The largest absolute Gasteiger partial charge is 0.342 e. The summed E-state index contributed by atoms with van der Waals surface area (Å²) in [6.45, 7) is 6.47. The molecule has 2 rings (SSSR count). The molecule has 4 nitrogen and oxygen atoms in total. The monoisotopic (exact) mass is 267 g/mol. The summed E-state index contributed by atoms with van der Waals surface area (Å²) in [4.78, 5) is 16.1. The molecule has 19 heavy (non-hydrogen) atoms. The molecule has 1 aliphatic carbocycles. The molecule has 2 aliphatic rings. The lowest BCUT2D eigenvalue weighted by Crippen LogP contribution is -2.44. The minimum atomic E-state index is 0.220. The maximum Gasteiger partial charge on any atom is 0.219 e. The highest BCUT2D eigenvalue weighted by atomic mass is 16.2. The minimum absolute atomic E-state index is 0.220. The van der Waals surface area contributed by atoms with Crippen LogP contribution in [0.1, 0.15) is 45.4 Å². The topological polar surface area (TPSA) is 49.6 Å². The van der Waals surface area contributed by atoms with Crippen LogP contribution in [-0.2, 0) is 4.79 Å². The van der Waals surface area contributed by atoms with E-state index >= 15 is 0 Å². The van der Waals surface area contributed by atoms with Gasteiger partial charge >= 0.3 is 0 Å². The summed E-state index contributed by atoms with van der Waals surface area (Å²) in [5.74, 6) is 0.879. The predicted molar refractivity (Wildman–Crippen MR) is 77.9 cm³/mol. The Morgan fingerprint density at radius 2 is 1.84 bits per heavy atom. The molecule has 2 atom stereocenters. The average Bonchev–Trinajstić information content (AvgIpc) is 2.78. The second kappa shape index (κ2) is 7.25. The van der Waals surface area contributed by atoms with Crippen LogP contribution in [0.15, 0.2) is 0 Å². The molecular formula is C15H29N3O. The number of carbonyl (C=O) groups excluding carboxylic acids is 1. The van der Waals surface area contributed by atoms with Crippen molar-refractivity contribution in [2.75, 3.05) is 32.7 Å². The Hall–Kier alpha value is -0.610. The van der Waals surface area contributed by atoms with E-state index in [0.717, 1.165) is 39.1 Å². The molecule has 1 heterocycles. The molecule has 0 aromatic heterocycles. The van der Waals surface area contributed by atoms with Crippen molar-refractivity contribution in [1.29, 1.82) is 0 Å². The van der Waals surface area contributed by atoms with Crippen LogP contribution in [0, 0.1) is 5.92 Å². The first kappa shape index (κ1) is 14.8. The van der Waals surface area contributed by atoms with Crippen molar-refractivity contribution >= 4 is 5.91 Å². The van der Waals surface area contributed by atoms with Crippen LogP contribution < -0.4 is 5.73 Å². The van der Waals surface area contributed by atoms with E-state index in [-0.39, 0.29) is 5.91 Å². The Morgan fingerprint density at radius 3 is 2.58 bits per heavy atom. The molecule has 110 valence electrons. The van der Waals surface area contributed by atoms with Gasteiger partial charge in [-0.05, 0) is 31.7 Å². The molecule has 0 aromatic rings. The minimum Gasteiger partial charge on any atom is -0.342 e. The van der Waals surface area contributed by atoms with Gasteiger partial charge in [-0.15, -0.1) is 0 Å². The fourth-order valence-corrected chi connectivity index (χ4v) is 3.70. The summed E-state index contributed by atoms with van der Waals surface area (Å²) in [5.41, 5.74) is 5.99. The molecule has 2 fully saturated rings. The van der Waals surface area contributed by atoms with Gasteiger partial charge in [0.15, 0.2) is 0 Å². The number of hydrogen-bond acceptors (Lipinski definition) is 3. The highest BCUT2D eigenvalue weighted by Crippen LogP contribution is 2.27. The van der Waals surface area contributed by atoms with Crippen molar-refractivity contribution in [2.24, 2.45) is 11.7 Å². The zero-order valence-electron chi connectivity index (χ0n) is 12.3. The van der Waals surface area contributed by atoms with Gasteiger partial charge < -0.3 is 10.6 Å². The Labute approximate surface area is 117 Å². The van der Waals surface area contributed by atoms with E-state index in [9.17, 15) is 4.79 Å². The normalized spacial score (nSPS) is 30.7. The molecule has 0 spiro atoms. The summed E-state index contributed by atoms with van der Waals surface area (Å²) in [7, 11) is 0. The van der Waals surface area contributed by atoms with Gasteiger partial charge in [-0.1, -0.05) is 19.3 Å². The molecule has 1 saturated carbocycles. The summed E-state index contributed by atoms with van der Waals surface area (Å²) in [6, 6.07) is 0.652. The average molecular weight is 267 g/mol.